The standard InChI is InChI=1S/C13H19N3O2/c14-9-11-4-6-15(7-5-11)10-12-2-1-3-13(8-12)16(17)18/h1-3,8,11H,4-7,9-10,14H2. The highest BCUT2D eigenvalue weighted by molar-refractivity contribution is 5.34. The van der Waals surface area contributed by atoms with Gasteiger partial charge in [0.25, 0.3) is 5.69 Å². The van der Waals surface area contributed by atoms with Crippen molar-refractivity contribution >= 4 is 5.69 Å². The first-order valence-corrected chi connectivity index (χ1v) is 6.35. The second-order valence-electron chi connectivity index (χ2n) is 4.88. The van der Waals surface area contributed by atoms with Gasteiger partial charge >= 0.3 is 0 Å². The lowest BCUT2D eigenvalue weighted by atomic mass is 9.97. The van der Waals surface area contributed by atoms with Crippen LogP contribution in [0.4, 0.5) is 5.69 Å². The summed E-state index contributed by atoms with van der Waals surface area (Å²) in [5, 5.41) is 10.7. The molecule has 1 saturated heterocycles. The highest BCUT2D eigenvalue weighted by Crippen LogP contribution is 2.19. The lowest BCUT2D eigenvalue weighted by Crippen LogP contribution is -2.35. The summed E-state index contributed by atoms with van der Waals surface area (Å²) in [5.41, 5.74) is 6.84. The fourth-order valence-electron chi connectivity index (χ4n) is 2.41. The minimum absolute atomic E-state index is 0.171. The van der Waals surface area contributed by atoms with Crippen LogP contribution >= 0.6 is 0 Å². The Morgan fingerprint density at radius 1 is 1.39 bits per heavy atom. The molecule has 98 valence electrons. The molecule has 0 amide bonds. The number of nitrogens with two attached hydrogens (primary N) is 1. The van der Waals surface area contributed by atoms with E-state index in [1.165, 1.54) is 6.07 Å². The molecule has 0 atom stereocenters. The summed E-state index contributed by atoms with van der Waals surface area (Å²) in [6.07, 6.45) is 2.26. The molecule has 0 bridgehead atoms. The molecular formula is C13H19N3O2. The number of non-ortho nitro benzene ring substituents is 1. The molecule has 0 radical (unpaired) electrons. The average molecular weight is 249 g/mol. The molecule has 0 unspecified atom stereocenters. The Morgan fingerprint density at radius 2 is 2.11 bits per heavy atom. The smallest absolute Gasteiger partial charge is 0.269 e. The van der Waals surface area contributed by atoms with Crippen molar-refractivity contribution in [3.8, 4) is 0 Å². The first kappa shape index (κ1) is 13.0. The number of nitro benzene ring substituents is 1. The first-order chi connectivity index (χ1) is 8.69. The van der Waals surface area contributed by atoms with Crippen molar-refractivity contribution in [1.82, 2.24) is 4.90 Å². The number of nitro groups is 1. The second kappa shape index (κ2) is 5.93. The minimum Gasteiger partial charge on any atom is -0.330 e. The number of nitrogens with zero attached hydrogens (tertiary/aromatic N) is 2. The van der Waals surface area contributed by atoms with Crippen LogP contribution in [0.1, 0.15) is 18.4 Å². The third-order valence-electron chi connectivity index (χ3n) is 3.57. The lowest BCUT2D eigenvalue weighted by molar-refractivity contribution is -0.384. The first-order valence-electron chi connectivity index (χ1n) is 6.35. The number of likely N-dealkylation sites (tertiary alicyclic amines) is 1. The monoisotopic (exact) mass is 249 g/mol. The topological polar surface area (TPSA) is 72.4 Å². The maximum Gasteiger partial charge on any atom is 0.269 e. The number of benzene rings is 1. The largest absolute Gasteiger partial charge is 0.330 e. The van der Waals surface area contributed by atoms with E-state index in [0.29, 0.717) is 5.92 Å². The van der Waals surface area contributed by atoms with Crippen molar-refractivity contribution in [3.05, 3.63) is 39.9 Å². The molecule has 5 nitrogen and oxygen atoms in total. The average Bonchev–Trinajstić information content (AvgIpc) is 2.40. The molecular weight excluding hydrogens is 230 g/mol. The maximum atomic E-state index is 10.7. The molecule has 1 aromatic carbocycles. The van der Waals surface area contributed by atoms with Crippen molar-refractivity contribution in [1.29, 1.82) is 0 Å². The highest BCUT2D eigenvalue weighted by atomic mass is 16.6. The van der Waals surface area contributed by atoms with Gasteiger partial charge in [-0.3, -0.25) is 15.0 Å². The quantitative estimate of drug-likeness (QED) is 0.652. The molecule has 1 aliphatic heterocycles. The van der Waals surface area contributed by atoms with Gasteiger partial charge in [0.05, 0.1) is 4.92 Å². The Labute approximate surface area is 107 Å². The molecule has 5 heteroatoms. The molecule has 2 rings (SSSR count). The molecule has 0 spiro atoms. The lowest BCUT2D eigenvalue weighted by Gasteiger charge is -2.31. The molecule has 18 heavy (non-hydrogen) atoms. The van der Waals surface area contributed by atoms with Crippen LogP contribution in [0.2, 0.25) is 0 Å². The molecule has 2 N–H and O–H groups in total. The van der Waals surface area contributed by atoms with Crippen LogP contribution in [0.25, 0.3) is 0 Å². The summed E-state index contributed by atoms with van der Waals surface area (Å²) < 4.78 is 0. The summed E-state index contributed by atoms with van der Waals surface area (Å²) in [6.45, 7) is 3.62. The molecule has 0 saturated carbocycles. The van der Waals surface area contributed by atoms with Gasteiger partial charge in [0.1, 0.15) is 0 Å². The third-order valence-corrected chi connectivity index (χ3v) is 3.57. The SMILES string of the molecule is NCC1CCN(Cc2cccc([N+](=O)[O-])c2)CC1. The maximum absolute atomic E-state index is 10.7. The van der Waals surface area contributed by atoms with Gasteiger partial charge in [-0.2, -0.15) is 0 Å². The Morgan fingerprint density at radius 3 is 2.72 bits per heavy atom. The van der Waals surface area contributed by atoms with E-state index in [9.17, 15) is 10.1 Å². The van der Waals surface area contributed by atoms with Crippen LogP contribution in [-0.4, -0.2) is 29.5 Å². The number of piperidine rings is 1. The summed E-state index contributed by atoms with van der Waals surface area (Å²) in [5.74, 6) is 0.645. The zero-order chi connectivity index (χ0) is 13.0. The Hall–Kier alpha value is -1.46. The van der Waals surface area contributed by atoms with E-state index < -0.39 is 0 Å². The van der Waals surface area contributed by atoms with E-state index in [1.807, 2.05) is 6.07 Å². The predicted molar refractivity (Wildman–Crippen MR) is 70.2 cm³/mol. The van der Waals surface area contributed by atoms with Crippen molar-refractivity contribution in [3.63, 3.8) is 0 Å². The molecule has 0 aromatic heterocycles. The number of rotatable bonds is 4. The van der Waals surface area contributed by atoms with Gasteiger partial charge in [-0.1, -0.05) is 12.1 Å². The van der Waals surface area contributed by atoms with Crippen LogP contribution in [0.5, 0.6) is 0 Å². The second-order valence-corrected chi connectivity index (χ2v) is 4.88. The van der Waals surface area contributed by atoms with E-state index in [0.717, 1.165) is 44.6 Å². The van der Waals surface area contributed by atoms with Gasteiger partial charge in [-0.15, -0.1) is 0 Å². The van der Waals surface area contributed by atoms with E-state index >= 15 is 0 Å². The van der Waals surface area contributed by atoms with Crippen LogP contribution in [-0.2, 0) is 6.54 Å². The Kier molecular flexibility index (Phi) is 4.28. The molecule has 1 heterocycles. The minimum atomic E-state index is -0.343. The van der Waals surface area contributed by atoms with E-state index in [1.54, 1.807) is 12.1 Å². The van der Waals surface area contributed by atoms with E-state index in [4.69, 9.17) is 5.73 Å². The zero-order valence-electron chi connectivity index (χ0n) is 10.4. The van der Waals surface area contributed by atoms with Crippen molar-refractivity contribution in [2.24, 2.45) is 11.7 Å². The molecule has 1 aliphatic rings. The molecule has 0 aliphatic carbocycles. The summed E-state index contributed by atoms with van der Waals surface area (Å²) in [4.78, 5) is 12.7. The van der Waals surface area contributed by atoms with Crippen molar-refractivity contribution in [2.45, 2.75) is 19.4 Å². The molecule has 1 aromatic rings. The Bertz CT molecular complexity index is 414. The van der Waals surface area contributed by atoms with Gasteiger partial charge in [0.2, 0.25) is 0 Å². The van der Waals surface area contributed by atoms with Gasteiger partial charge in [-0.25, -0.2) is 0 Å². The van der Waals surface area contributed by atoms with Crippen LogP contribution in [0.3, 0.4) is 0 Å². The predicted octanol–water partition coefficient (Wildman–Crippen LogP) is 1.77. The van der Waals surface area contributed by atoms with Crippen LogP contribution in [0, 0.1) is 16.0 Å². The van der Waals surface area contributed by atoms with Crippen LogP contribution < -0.4 is 5.73 Å². The van der Waals surface area contributed by atoms with Crippen LogP contribution in [0.15, 0.2) is 24.3 Å². The van der Waals surface area contributed by atoms with Crippen molar-refractivity contribution < 1.29 is 4.92 Å². The summed E-state index contributed by atoms with van der Waals surface area (Å²) in [7, 11) is 0. The highest BCUT2D eigenvalue weighted by Gasteiger charge is 2.18. The van der Waals surface area contributed by atoms with Crippen molar-refractivity contribution in [2.75, 3.05) is 19.6 Å². The number of hydrogen-bond donors (Lipinski definition) is 1. The van der Waals surface area contributed by atoms with Gasteiger partial charge in [0.15, 0.2) is 0 Å². The number of hydrogen-bond acceptors (Lipinski definition) is 4. The molecule has 1 fully saturated rings. The Balaban J connectivity index is 1.94. The third kappa shape index (κ3) is 3.27. The fourth-order valence-corrected chi connectivity index (χ4v) is 2.41. The fraction of sp³-hybridized carbons (Fsp3) is 0.538. The van der Waals surface area contributed by atoms with Gasteiger partial charge in [0, 0.05) is 18.7 Å². The van der Waals surface area contributed by atoms with E-state index in [2.05, 4.69) is 4.90 Å². The van der Waals surface area contributed by atoms with Gasteiger partial charge in [-0.05, 0) is 44.0 Å². The van der Waals surface area contributed by atoms with E-state index in [-0.39, 0.29) is 10.6 Å². The van der Waals surface area contributed by atoms with Gasteiger partial charge < -0.3 is 5.73 Å². The normalized spacial score (nSPS) is 17.8. The zero-order valence-corrected chi connectivity index (χ0v) is 10.4. The summed E-state index contributed by atoms with van der Waals surface area (Å²) >= 11 is 0. The summed E-state index contributed by atoms with van der Waals surface area (Å²) in [6, 6.07) is 6.89.